The van der Waals surface area contributed by atoms with E-state index in [0.717, 1.165) is 23.4 Å². The lowest BCUT2D eigenvalue weighted by Crippen LogP contribution is -2.00. The topological polar surface area (TPSA) is 31.4 Å². The van der Waals surface area contributed by atoms with Gasteiger partial charge in [-0.1, -0.05) is 75.8 Å². The molecule has 1 aromatic carbocycles. The van der Waals surface area contributed by atoms with Crippen molar-refractivity contribution in [2.45, 2.75) is 64.9 Å². The molecule has 0 aliphatic rings. The van der Waals surface area contributed by atoms with E-state index in [4.69, 9.17) is 9.47 Å². The fraction of sp³-hybridized carbons (Fsp3) is 0.500. The molecule has 0 atom stereocenters. The normalized spacial score (nSPS) is 10.6. The van der Waals surface area contributed by atoms with Crippen molar-refractivity contribution in [2.75, 3.05) is 7.11 Å². The Morgan fingerprint density at radius 2 is 1.60 bits per heavy atom. The maximum Gasteiger partial charge on any atom is 0.217 e. The summed E-state index contributed by atoms with van der Waals surface area (Å²) in [6.45, 7) is 2.78. The van der Waals surface area contributed by atoms with E-state index in [1.165, 1.54) is 44.9 Å². The molecule has 2 rings (SSSR count). The number of aryl methyl sites for hydroxylation is 1. The van der Waals surface area contributed by atoms with E-state index >= 15 is 0 Å². The highest BCUT2D eigenvalue weighted by Gasteiger charge is 2.05. The molecule has 0 aliphatic carbocycles. The molecule has 0 radical (unpaired) electrons. The van der Waals surface area contributed by atoms with Crippen molar-refractivity contribution in [3.8, 4) is 11.6 Å². The van der Waals surface area contributed by atoms with Crippen LogP contribution in [0, 0.1) is 0 Å². The zero-order valence-corrected chi connectivity index (χ0v) is 15.7. The fourth-order valence-corrected chi connectivity index (χ4v) is 2.85. The Labute approximate surface area is 152 Å². The van der Waals surface area contributed by atoms with Crippen molar-refractivity contribution < 1.29 is 9.47 Å². The van der Waals surface area contributed by atoms with Gasteiger partial charge in [-0.2, -0.15) is 0 Å². The van der Waals surface area contributed by atoms with Gasteiger partial charge in [0, 0.05) is 17.8 Å². The van der Waals surface area contributed by atoms with Crippen LogP contribution in [0.15, 0.2) is 42.5 Å². The van der Waals surface area contributed by atoms with E-state index in [-0.39, 0.29) is 0 Å². The maximum atomic E-state index is 5.86. The minimum absolute atomic E-state index is 0.526. The third-order valence-electron chi connectivity index (χ3n) is 4.33. The summed E-state index contributed by atoms with van der Waals surface area (Å²) in [7, 11) is 1.69. The number of methoxy groups -OCH3 is 1. The Morgan fingerprint density at radius 3 is 2.32 bits per heavy atom. The Balaban J connectivity index is 1.81. The van der Waals surface area contributed by atoms with E-state index in [9.17, 15) is 0 Å². The van der Waals surface area contributed by atoms with Gasteiger partial charge in [-0.15, -0.1) is 0 Å². The fourth-order valence-electron chi connectivity index (χ4n) is 2.85. The van der Waals surface area contributed by atoms with Crippen LogP contribution in [-0.4, -0.2) is 12.1 Å². The quantitative estimate of drug-likeness (QED) is 0.446. The summed E-state index contributed by atoms with van der Waals surface area (Å²) in [5.74, 6) is 1.46. The van der Waals surface area contributed by atoms with Gasteiger partial charge in [-0.05, 0) is 18.4 Å². The molecule has 0 saturated carbocycles. The number of aromatic nitrogens is 1. The first-order valence-corrected chi connectivity index (χ1v) is 9.53. The Hall–Kier alpha value is -2.03. The number of unbranched alkanes of at least 4 members (excludes halogenated alkanes) is 6. The van der Waals surface area contributed by atoms with Crippen LogP contribution in [0.3, 0.4) is 0 Å². The van der Waals surface area contributed by atoms with Gasteiger partial charge >= 0.3 is 0 Å². The molecule has 3 heteroatoms. The molecular weight excluding hydrogens is 310 g/mol. The van der Waals surface area contributed by atoms with Gasteiger partial charge in [-0.25, -0.2) is 4.98 Å². The third kappa shape index (κ3) is 7.59. The molecule has 0 amide bonds. The Morgan fingerprint density at radius 1 is 0.880 bits per heavy atom. The lowest BCUT2D eigenvalue weighted by molar-refractivity contribution is 0.290. The van der Waals surface area contributed by atoms with Crippen LogP contribution in [0.5, 0.6) is 11.6 Å². The van der Waals surface area contributed by atoms with Gasteiger partial charge in [0.15, 0.2) is 0 Å². The summed E-state index contributed by atoms with van der Waals surface area (Å²) in [6.07, 6.45) is 10.1. The summed E-state index contributed by atoms with van der Waals surface area (Å²) in [6, 6.07) is 14.0. The second-order valence-electron chi connectivity index (χ2n) is 6.48. The highest BCUT2D eigenvalue weighted by molar-refractivity contribution is 5.30. The first-order chi connectivity index (χ1) is 12.3. The first-order valence-electron chi connectivity index (χ1n) is 9.53. The van der Waals surface area contributed by atoms with Gasteiger partial charge in [0.05, 0.1) is 7.11 Å². The highest BCUT2D eigenvalue weighted by Crippen LogP contribution is 2.21. The largest absolute Gasteiger partial charge is 0.496 e. The summed E-state index contributed by atoms with van der Waals surface area (Å²) in [5, 5.41) is 0. The standard InChI is InChI=1S/C22H31NO2/c1-3-4-5-6-7-8-12-15-20-16-21(24-2)17-22(23-20)25-18-19-13-10-9-11-14-19/h9-11,13-14,16-17H,3-8,12,15,18H2,1-2H3. The summed E-state index contributed by atoms with van der Waals surface area (Å²) in [5.41, 5.74) is 2.19. The minimum Gasteiger partial charge on any atom is -0.496 e. The average molecular weight is 341 g/mol. The van der Waals surface area contributed by atoms with Crippen LogP contribution in [0.2, 0.25) is 0 Å². The maximum absolute atomic E-state index is 5.86. The van der Waals surface area contributed by atoms with Crippen molar-refractivity contribution in [1.29, 1.82) is 0 Å². The van der Waals surface area contributed by atoms with Gasteiger partial charge in [0.2, 0.25) is 5.88 Å². The average Bonchev–Trinajstić information content (AvgIpc) is 2.66. The number of hydrogen-bond donors (Lipinski definition) is 0. The molecule has 0 N–H and O–H groups in total. The van der Waals surface area contributed by atoms with E-state index in [1.54, 1.807) is 7.11 Å². The predicted octanol–water partition coefficient (Wildman–Crippen LogP) is 5.96. The predicted molar refractivity (Wildman–Crippen MR) is 103 cm³/mol. The van der Waals surface area contributed by atoms with Gasteiger partial charge < -0.3 is 9.47 Å². The molecule has 136 valence electrons. The van der Waals surface area contributed by atoms with Crippen LogP contribution in [0.1, 0.15) is 63.1 Å². The molecule has 25 heavy (non-hydrogen) atoms. The summed E-state index contributed by atoms with van der Waals surface area (Å²) in [4.78, 5) is 4.64. The molecule has 0 aliphatic heterocycles. The van der Waals surface area contributed by atoms with Crippen molar-refractivity contribution in [2.24, 2.45) is 0 Å². The smallest absolute Gasteiger partial charge is 0.217 e. The zero-order valence-electron chi connectivity index (χ0n) is 15.7. The monoisotopic (exact) mass is 341 g/mol. The molecule has 0 saturated heterocycles. The van der Waals surface area contributed by atoms with E-state index in [2.05, 4.69) is 24.0 Å². The van der Waals surface area contributed by atoms with Crippen LogP contribution < -0.4 is 9.47 Å². The highest BCUT2D eigenvalue weighted by atomic mass is 16.5. The van der Waals surface area contributed by atoms with Crippen molar-refractivity contribution >= 4 is 0 Å². The lowest BCUT2D eigenvalue weighted by Gasteiger charge is -2.10. The second-order valence-corrected chi connectivity index (χ2v) is 6.48. The SMILES string of the molecule is CCCCCCCCCc1cc(OC)cc(OCc2ccccc2)n1. The van der Waals surface area contributed by atoms with Crippen LogP contribution in [-0.2, 0) is 13.0 Å². The Bertz CT molecular complexity index is 598. The summed E-state index contributed by atoms with van der Waals surface area (Å²) >= 11 is 0. The van der Waals surface area contributed by atoms with Crippen molar-refractivity contribution in [1.82, 2.24) is 4.98 Å². The van der Waals surface area contributed by atoms with Crippen molar-refractivity contribution in [3.63, 3.8) is 0 Å². The van der Waals surface area contributed by atoms with Crippen molar-refractivity contribution in [3.05, 3.63) is 53.7 Å². The molecule has 3 nitrogen and oxygen atoms in total. The van der Waals surface area contributed by atoms with E-state index in [0.29, 0.717) is 12.5 Å². The first kappa shape index (κ1) is 19.3. The lowest BCUT2D eigenvalue weighted by atomic mass is 10.1. The Kier molecular flexibility index (Phi) is 8.89. The number of benzene rings is 1. The van der Waals surface area contributed by atoms with Crippen LogP contribution in [0.25, 0.3) is 0 Å². The molecule has 0 spiro atoms. The summed E-state index contributed by atoms with van der Waals surface area (Å²) < 4.78 is 11.3. The van der Waals surface area contributed by atoms with E-state index in [1.807, 2.05) is 30.3 Å². The molecule has 1 heterocycles. The van der Waals surface area contributed by atoms with Gasteiger partial charge in [-0.3, -0.25) is 0 Å². The van der Waals surface area contributed by atoms with E-state index < -0.39 is 0 Å². The molecular formula is C22H31NO2. The number of pyridine rings is 1. The van der Waals surface area contributed by atoms with Gasteiger partial charge in [0.1, 0.15) is 12.4 Å². The molecule has 1 aromatic heterocycles. The third-order valence-corrected chi connectivity index (χ3v) is 4.33. The number of rotatable bonds is 12. The number of nitrogens with zero attached hydrogens (tertiary/aromatic N) is 1. The zero-order chi connectivity index (χ0) is 17.7. The molecule has 2 aromatic rings. The molecule has 0 unspecified atom stereocenters. The minimum atomic E-state index is 0.526. The number of hydrogen-bond acceptors (Lipinski definition) is 3. The second kappa shape index (κ2) is 11.5. The van der Waals surface area contributed by atoms with Crippen LogP contribution in [0.4, 0.5) is 0 Å². The van der Waals surface area contributed by atoms with Crippen LogP contribution >= 0.6 is 0 Å². The van der Waals surface area contributed by atoms with Gasteiger partial charge in [0.25, 0.3) is 0 Å². The number of ether oxygens (including phenoxy) is 2. The molecule has 0 bridgehead atoms. The molecule has 0 fully saturated rings.